The molecule has 0 aliphatic rings. The Balaban J connectivity index is 2.99. The maximum atomic E-state index is 12.1. The van der Waals surface area contributed by atoms with E-state index in [1.54, 1.807) is 6.07 Å². The lowest BCUT2D eigenvalue weighted by Crippen LogP contribution is -2.31. The van der Waals surface area contributed by atoms with Crippen molar-refractivity contribution in [2.24, 2.45) is 0 Å². The molecular weight excluding hydrogens is 248 g/mol. The highest BCUT2D eigenvalue weighted by Gasteiger charge is 2.23. The average molecular weight is 265 g/mol. The van der Waals surface area contributed by atoms with Crippen molar-refractivity contribution in [1.82, 2.24) is 9.29 Å². The number of H-pyrrole nitrogens is 1. The van der Waals surface area contributed by atoms with Crippen molar-refractivity contribution in [2.75, 3.05) is 13.1 Å². The third kappa shape index (κ3) is 2.78. The largest absolute Gasteiger partial charge is 0.363 e. The van der Waals surface area contributed by atoms with Gasteiger partial charge in [-0.1, -0.05) is 13.8 Å². The first kappa shape index (κ1) is 13.5. The number of rotatable bonds is 6. The van der Waals surface area contributed by atoms with E-state index in [-0.39, 0.29) is 5.88 Å². The summed E-state index contributed by atoms with van der Waals surface area (Å²) in [6.45, 7) is 4.82. The van der Waals surface area contributed by atoms with Crippen LogP contribution in [0.15, 0.2) is 17.2 Å². The predicted molar refractivity (Wildman–Crippen MR) is 65.1 cm³/mol. The fourth-order valence-corrected chi connectivity index (χ4v) is 3.21. The molecule has 6 heteroatoms. The van der Waals surface area contributed by atoms with Crippen LogP contribution in [0.4, 0.5) is 0 Å². The van der Waals surface area contributed by atoms with Gasteiger partial charge in [0.25, 0.3) is 0 Å². The van der Waals surface area contributed by atoms with Gasteiger partial charge in [-0.2, -0.15) is 4.31 Å². The Kier molecular flexibility index (Phi) is 4.83. The van der Waals surface area contributed by atoms with Crippen molar-refractivity contribution in [1.29, 1.82) is 0 Å². The first-order chi connectivity index (χ1) is 7.56. The molecule has 0 atom stereocenters. The van der Waals surface area contributed by atoms with Crippen molar-refractivity contribution in [3.8, 4) is 0 Å². The summed E-state index contributed by atoms with van der Waals surface area (Å²) in [6, 6.07) is 1.58. The normalized spacial score (nSPS) is 12.2. The highest BCUT2D eigenvalue weighted by Crippen LogP contribution is 2.17. The SMILES string of the molecule is CCCN(CC)S(=O)(=O)c1c[nH]c(CCl)c1. The molecule has 0 aliphatic heterocycles. The van der Waals surface area contributed by atoms with E-state index < -0.39 is 10.0 Å². The van der Waals surface area contributed by atoms with Crippen LogP contribution in [0.25, 0.3) is 0 Å². The second-order valence-corrected chi connectivity index (χ2v) is 5.70. The van der Waals surface area contributed by atoms with Crippen molar-refractivity contribution >= 4 is 21.6 Å². The Morgan fingerprint density at radius 1 is 1.44 bits per heavy atom. The topological polar surface area (TPSA) is 53.2 Å². The second-order valence-electron chi connectivity index (χ2n) is 3.49. The minimum Gasteiger partial charge on any atom is -0.363 e. The minimum atomic E-state index is -3.36. The molecule has 16 heavy (non-hydrogen) atoms. The molecule has 0 aliphatic carbocycles. The zero-order chi connectivity index (χ0) is 12.2. The molecule has 0 bridgehead atoms. The van der Waals surface area contributed by atoms with Crippen LogP contribution in [0.5, 0.6) is 0 Å². The highest BCUT2D eigenvalue weighted by atomic mass is 35.5. The summed E-state index contributed by atoms with van der Waals surface area (Å²) in [5, 5.41) is 0. The predicted octanol–water partition coefficient (Wildman–Crippen LogP) is 2.17. The third-order valence-electron chi connectivity index (χ3n) is 2.32. The number of nitrogens with one attached hydrogen (secondary N) is 1. The molecule has 0 saturated carbocycles. The van der Waals surface area contributed by atoms with E-state index in [1.807, 2.05) is 13.8 Å². The molecule has 0 unspecified atom stereocenters. The molecule has 1 aromatic rings. The summed E-state index contributed by atoms with van der Waals surface area (Å²) in [5.41, 5.74) is 0.716. The number of nitrogens with zero attached hydrogens (tertiary/aromatic N) is 1. The lowest BCUT2D eigenvalue weighted by atomic mass is 10.5. The lowest BCUT2D eigenvalue weighted by molar-refractivity contribution is 0.427. The first-order valence-electron chi connectivity index (χ1n) is 5.29. The minimum absolute atomic E-state index is 0.287. The zero-order valence-electron chi connectivity index (χ0n) is 9.53. The average Bonchev–Trinajstić information content (AvgIpc) is 2.74. The smallest absolute Gasteiger partial charge is 0.244 e. The van der Waals surface area contributed by atoms with E-state index >= 15 is 0 Å². The summed E-state index contributed by atoms with van der Waals surface area (Å²) in [4.78, 5) is 3.14. The summed E-state index contributed by atoms with van der Waals surface area (Å²) in [5.74, 6) is 0.287. The second kappa shape index (κ2) is 5.70. The molecule has 0 amide bonds. The van der Waals surface area contributed by atoms with Crippen LogP contribution in [0.3, 0.4) is 0 Å². The molecule has 0 fully saturated rings. The molecule has 0 aromatic carbocycles. The van der Waals surface area contributed by atoms with E-state index in [4.69, 9.17) is 11.6 Å². The Hall–Kier alpha value is -0.520. The van der Waals surface area contributed by atoms with E-state index in [1.165, 1.54) is 10.5 Å². The zero-order valence-corrected chi connectivity index (χ0v) is 11.1. The fraction of sp³-hybridized carbons (Fsp3) is 0.600. The Bertz CT molecular complexity index is 428. The Morgan fingerprint density at radius 3 is 2.56 bits per heavy atom. The van der Waals surface area contributed by atoms with Crippen molar-refractivity contribution < 1.29 is 8.42 Å². The molecular formula is C10H17ClN2O2S. The van der Waals surface area contributed by atoms with Crippen LogP contribution in [-0.2, 0) is 15.9 Å². The van der Waals surface area contributed by atoms with Crippen LogP contribution in [0.1, 0.15) is 26.0 Å². The van der Waals surface area contributed by atoms with E-state index in [9.17, 15) is 8.42 Å². The van der Waals surface area contributed by atoms with Gasteiger partial charge in [-0.3, -0.25) is 0 Å². The van der Waals surface area contributed by atoms with Gasteiger partial charge in [-0.25, -0.2) is 8.42 Å². The molecule has 0 radical (unpaired) electrons. The van der Waals surface area contributed by atoms with Gasteiger partial charge in [0, 0.05) is 25.0 Å². The van der Waals surface area contributed by atoms with Crippen LogP contribution in [0, 0.1) is 0 Å². The summed E-state index contributed by atoms with van der Waals surface area (Å²) < 4.78 is 25.8. The maximum absolute atomic E-state index is 12.1. The van der Waals surface area contributed by atoms with Crippen molar-refractivity contribution in [3.05, 3.63) is 18.0 Å². The summed E-state index contributed by atoms with van der Waals surface area (Å²) in [7, 11) is -3.36. The molecule has 92 valence electrons. The van der Waals surface area contributed by atoms with Gasteiger partial charge in [-0.05, 0) is 12.5 Å². The van der Waals surface area contributed by atoms with E-state index in [0.29, 0.717) is 23.7 Å². The van der Waals surface area contributed by atoms with Crippen LogP contribution >= 0.6 is 11.6 Å². The van der Waals surface area contributed by atoms with Crippen molar-refractivity contribution in [3.63, 3.8) is 0 Å². The van der Waals surface area contributed by atoms with Crippen LogP contribution < -0.4 is 0 Å². The number of sulfonamides is 1. The van der Waals surface area contributed by atoms with Crippen molar-refractivity contribution in [2.45, 2.75) is 31.0 Å². The number of aromatic nitrogens is 1. The number of hydrogen-bond acceptors (Lipinski definition) is 2. The molecule has 0 spiro atoms. The number of halogens is 1. The first-order valence-corrected chi connectivity index (χ1v) is 7.27. The monoisotopic (exact) mass is 264 g/mol. The highest BCUT2D eigenvalue weighted by molar-refractivity contribution is 7.89. The summed E-state index contributed by atoms with van der Waals surface area (Å²) in [6.07, 6.45) is 2.30. The van der Waals surface area contributed by atoms with Gasteiger partial charge in [-0.15, -0.1) is 11.6 Å². The van der Waals surface area contributed by atoms with Gasteiger partial charge in [0.1, 0.15) is 0 Å². The summed E-state index contributed by atoms with van der Waals surface area (Å²) >= 11 is 5.63. The molecule has 1 aromatic heterocycles. The molecule has 0 saturated heterocycles. The van der Waals surface area contributed by atoms with Gasteiger partial charge in [0.15, 0.2) is 0 Å². The van der Waals surface area contributed by atoms with Gasteiger partial charge < -0.3 is 4.98 Å². The Morgan fingerprint density at radius 2 is 2.12 bits per heavy atom. The molecule has 1 rings (SSSR count). The molecule has 1 N–H and O–H groups in total. The molecule has 4 nitrogen and oxygen atoms in total. The van der Waals surface area contributed by atoms with E-state index in [0.717, 1.165) is 6.42 Å². The Labute approximate surface area is 102 Å². The number of alkyl halides is 1. The maximum Gasteiger partial charge on any atom is 0.244 e. The number of hydrogen-bond donors (Lipinski definition) is 1. The van der Waals surface area contributed by atoms with Gasteiger partial charge in [0.05, 0.1) is 10.8 Å². The van der Waals surface area contributed by atoms with Gasteiger partial charge >= 0.3 is 0 Å². The van der Waals surface area contributed by atoms with Crippen LogP contribution in [0.2, 0.25) is 0 Å². The number of aromatic amines is 1. The molecule has 1 heterocycles. The van der Waals surface area contributed by atoms with Crippen LogP contribution in [-0.4, -0.2) is 30.8 Å². The third-order valence-corrected chi connectivity index (χ3v) is 4.56. The fourth-order valence-electron chi connectivity index (χ4n) is 1.49. The van der Waals surface area contributed by atoms with Gasteiger partial charge in [0.2, 0.25) is 10.0 Å². The lowest BCUT2D eigenvalue weighted by Gasteiger charge is -2.18. The van der Waals surface area contributed by atoms with E-state index in [2.05, 4.69) is 4.98 Å². The standard InChI is InChI=1S/C10H17ClN2O2S/c1-3-5-13(4-2)16(14,15)10-6-9(7-11)12-8-10/h6,8,12H,3-5,7H2,1-2H3. The quantitative estimate of drug-likeness (QED) is 0.801.